The molecule has 1 fully saturated rings. The predicted octanol–water partition coefficient (Wildman–Crippen LogP) is -0.807. The number of hydrogen-bond acceptors (Lipinski definition) is 7. The van der Waals surface area contributed by atoms with Crippen LogP contribution < -0.4 is 15.3 Å². The van der Waals surface area contributed by atoms with Crippen LogP contribution in [0.15, 0.2) is 15.7 Å². The average Bonchev–Trinajstić information content (AvgIpc) is 2.80. The molecule has 19 heavy (non-hydrogen) atoms. The van der Waals surface area contributed by atoms with Crippen molar-refractivity contribution in [3.05, 3.63) is 6.20 Å². The van der Waals surface area contributed by atoms with E-state index in [0.717, 1.165) is 25.7 Å². The smallest absolute Gasteiger partial charge is 0.326 e. The van der Waals surface area contributed by atoms with Gasteiger partial charge in [-0.1, -0.05) is 19.8 Å². The van der Waals surface area contributed by atoms with Gasteiger partial charge in [-0.25, -0.2) is 0 Å². The summed E-state index contributed by atoms with van der Waals surface area (Å²) in [6.07, 6.45) is 4.05. The van der Waals surface area contributed by atoms with Crippen LogP contribution >= 0.6 is 0 Å². The molecular formula is C11H18N4O4. The molecule has 2 N–H and O–H groups in total. The molecule has 8 nitrogen and oxygen atoms in total. The highest BCUT2D eigenvalue weighted by Crippen LogP contribution is 2.18. The molecule has 0 aliphatic heterocycles. The van der Waals surface area contributed by atoms with E-state index >= 15 is 0 Å². The highest BCUT2D eigenvalue weighted by atomic mass is 16.6. The zero-order chi connectivity index (χ0) is 13.7. The number of aliphatic hydroxyl groups is 1. The molecule has 1 heterocycles. The van der Waals surface area contributed by atoms with E-state index in [2.05, 4.69) is 20.4 Å². The third-order valence-corrected chi connectivity index (χ3v) is 2.95. The fraction of sp³-hybridized carbons (Fsp3) is 0.727. The van der Waals surface area contributed by atoms with Gasteiger partial charge in [0.1, 0.15) is 6.04 Å². The fourth-order valence-electron chi connectivity index (χ4n) is 2.03. The molecule has 1 aromatic rings. The van der Waals surface area contributed by atoms with Crippen LogP contribution in [0.1, 0.15) is 32.6 Å². The SMILES string of the molecule is CCOC([O-])=Nc1c[n+](NC2CCCCC2O)no1. The molecule has 2 rings (SSSR count). The van der Waals surface area contributed by atoms with Gasteiger partial charge in [0, 0.05) is 0 Å². The minimum absolute atomic E-state index is 0.0521. The lowest BCUT2D eigenvalue weighted by Gasteiger charge is -2.24. The van der Waals surface area contributed by atoms with E-state index in [1.807, 2.05) is 0 Å². The Balaban J connectivity index is 1.95. The molecule has 1 saturated carbocycles. The summed E-state index contributed by atoms with van der Waals surface area (Å²) in [5.41, 5.74) is 3.01. The Hall–Kier alpha value is -1.83. The number of aliphatic hydroxyl groups excluding tert-OH is 1. The van der Waals surface area contributed by atoms with Crippen molar-refractivity contribution in [2.45, 2.75) is 44.8 Å². The number of nitrogens with one attached hydrogen (secondary N) is 1. The zero-order valence-electron chi connectivity index (χ0n) is 10.8. The van der Waals surface area contributed by atoms with Crippen LogP contribution in [0, 0.1) is 0 Å². The minimum Gasteiger partial charge on any atom is -0.600 e. The van der Waals surface area contributed by atoms with Crippen molar-refractivity contribution in [3.63, 3.8) is 0 Å². The number of aliphatic imine (C=N–C) groups is 1. The highest BCUT2D eigenvalue weighted by Gasteiger charge is 2.27. The Morgan fingerprint density at radius 1 is 1.68 bits per heavy atom. The molecule has 1 aromatic heterocycles. The summed E-state index contributed by atoms with van der Waals surface area (Å²) in [6.45, 7) is 1.95. The summed E-state index contributed by atoms with van der Waals surface area (Å²) in [4.78, 5) is 4.88. The second-order valence-electron chi connectivity index (χ2n) is 4.38. The molecule has 1 aliphatic carbocycles. The Kier molecular flexibility index (Phi) is 4.56. The van der Waals surface area contributed by atoms with Crippen molar-refractivity contribution in [1.82, 2.24) is 5.27 Å². The quantitative estimate of drug-likeness (QED) is 0.421. The van der Waals surface area contributed by atoms with Crippen LogP contribution in [0.25, 0.3) is 0 Å². The summed E-state index contributed by atoms with van der Waals surface area (Å²) in [7, 11) is 0. The summed E-state index contributed by atoms with van der Waals surface area (Å²) in [5, 5.41) is 24.6. The molecule has 0 spiro atoms. The van der Waals surface area contributed by atoms with Gasteiger partial charge >= 0.3 is 5.88 Å². The summed E-state index contributed by atoms with van der Waals surface area (Å²) < 4.78 is 9.52. The second kappa shape index (κ2) is 6.37. The number of hydrogen-bond donors (Lipinski definition) is 2. The van der Waals surface area contributed by atoms with Crippen molar-refractivity contribution in [2.75, 3.05) is 12.0 Å². The molecule has 0 bridgehead atoms. The van der Waals surface area contributed by atoms with Gasteiger partial charge in [0.05, 0.1) is 10.9 Å². The van der Waals surface area contributed by atoms with E-state index in [1.165, 1.54) is 11.0 Å². The first-order chi connectivity index (χ1) is 9.19. The second-order valence-corrected chi connectivity index (χ2v) is 4.38. The number of nitrogens with zero attached hydrogens (tertiary/aromatic N) is 3. The molecule has 106 valence electrons. The summed E-state index contributed by atoms with van der Waals surface area (Å²) >= 11 is 0. The molecule has 0 amide bonds. The van der Waals surface area contributed by atoms with E-state index in [-0.39, 0.29) is 18.5 Å². The van der Waals surface area contributed by atoms with E-state index in [9.17, 15) is 10.2 Å². The van der Waals surface area contributed by atoms with Gasteiger partial charge in [-0.15, -0.1) is 0 Å². The normalized spacial score (nSPS) is 24.2. The van der Waals surface area contributed by atoms with E-state index in [0.29, 0.717) is 0 Å². The Labute approximate surface area is 110 Å². The first-order valence-electron chi connectivity index (χ1n) is 6.41. The van der Waals surface area contributed by atoms with Gasteiger partial charge < -0.3 is 14.9 Å². The molecule has 8 heteroatoms. The zero-order valence-corrected chi connectivity index (χ0v) is 10.8. The van der Waals surface area contributed by atoms with E-state index in [1.54, 1.807) is 6.92 Å². The number of rotatable bonds is 4. The van der Waals surface area contributed by atoms with Crippen LogP contribution in [0.5, 0.6) is 0 Å². The molecular weight excluding hydrogens is 252 g/mol. The van der Waals surface area contributed by atoms with Crippen molar-refractivity contribution < 1.29 is 24.3 Å². The maximum atomic E-state index is 11.1. The third kappa shape index (κ3) is 3.82. The predicted molar refractivity (Wildman–Crippen MR) is 63.0 cm³/mol. The molecule has 0 radical (unpaired) electrons. The summed E-state index contributed by atoms with van der Waals surface area (Å²) in [6, 6.07) is -0.0701. The lowest BCUT2D eigenvalue weighted by atomic mass is 9.93. The van der Waals surface area contributed by atoms with Gasteiger partial charge in [0.2, 0.25) is 5.27 Å². The third-order valence-electron chi connectivity index (χ3n) is 2.95. The Morgan fingerprint density at radius 2 is 2.47 bits per heavy atom. The largest absolute Gasteiger partial charge is 0.600 e. The van der Waals surface area contributed by atoms with Crippen LogP contribution in [0.2, 0.25) is 0 Å². The molecule has 0 saturated heterocycles. The Morgan fingerprint density at radius 3 is 3.21 bits per heavy atom. The first-order valence-corrected chi connectivity index (χ1v) is 6.41. The number of ether oxygens (including phenoxy) is 1. The average molecular weight is 270 g/mol. The maximum absolute atomic E-state index is 11.1. The van der Waals surface area contributed by atoms with Gasteiger partial charge in [-0.05, 0) is 19.4 Å². The number of aromatic nitrogens is 2. The lowest BCUT2D eigenvalue weighted by Crippen LogP contribution is -2.55. The monoisotopic (exact) mass is 270 g/mol. The molecule has 2 unspecified atom stereocenters. The van der Waals surface area contributed by atoms with Gasteiger partial charge in [0.25, 0.3) is 6.20 Å². The summed E-state index contributed by atoms with van der Waals surface area (Å²) in [5.74, 6) is 0.0521. The van der Waals surface area contributed by atoms with Crippen molar-refractivity contribution >= 4 is 12.0 Å². The van der Waals surface area contributed by atoms with E-state index < -0.39 is 12.2 Å². The van der Waals surface area contributed by atoms with Crippen molar-refractivity contribution in [3.8, 4) is 0 Å². The van der Waals surface area contributed by atoms with Crippen LogP contribution in [-0.2, 0) is 4.74 Å². The van der Waals surface area contributed by atoms with Crippen LogP contribution in [-0.4, -0.2) is 35.2 Å². The standard InChI is InChI=1S/C11H18N4O4/c1-2-18-11(17)12-10-7-15(14-19-10)13-8-5-3-4-6-9(8)16/h7-9,16H,2-6H2,1H3,(H-,12,13,14,17). The topological polar surface area (TPSA) is 107 Å². The molecule has 1 aliphatic rings. The minimum atomic E-state index is -0.719. The van der Waals surface area contributed by atoms with Crippen LogP contribution in [0.4, 0.5) is 5.88 Å². The highest BCUT2D eigenvalue weighted by molar-refractivity contribution is 5.64. The van der Waals surface area contributed by atoms with Gasteiger partial charge in [-0.3, -0.25) is 4.52 Å². The Bertz CT molecular complexity index is 434. The first kappa shape index (κ1) is 13.6. The van der Waals surface area contributed by atoms with Crippen molar-refractivity contribution in [2.24, 2.45) is 4.99 Å². The van der Waals surface area contributed by atoms with Crippen LogP contribution in [0.3, 0.4) is 0 Å². The molecule has 2 atom stereocenters. The van der Waals surface area contributed by atoms with Gasteiger partial charge in [-0.2, -0.15) is 10.4 Å². The molecule has 0 aromatic carbocycles. The van der Waals surface area contributed by atoms with Gasteiger partial charge in [0.15, 0.2) is 6.08 Å². The maximum Gasteiger partial charge on any atom is 0.326 e. The van der Waals surface area contributed by atoms with E-state index in [4.69, 9.17) is 4.52 Å². The lowest BCUT2D eigenvalue weighted by molar-refractivity contribution is -0.723. The van der Waals surface area contributed by atoms with Crippen molar-refractivity contribution in [1.29, 1.82) is 0 Å². The fourth-order valence-corrected chi connectivity index (χ4v) is 2.03.